The van der Waals surface area contributed by atoms with Crippen molar-refractivity contribution in [3.63, 3.8) is 0 Å². The predicted molar refractivity (Wildman–Crippen MR) is 53.6 cm³/mol. The second-order valence-electron chi connectivity index (χ2n) is 4.16. The zero-order chi connectivity index (χ0) is 9.26. The average molecular weight is 179 g/mol. The Bertz CT molecular complexity index is 279. The second-order valence-corrected chi connectivity index (χ2v) is 4.16. The first-order valence-corrected chi connectivity index (χ1v) is 4.99. The molecule has 1 heterocycles. The largest absolute Gasteiger partial charge is 0.380 e. The molecule has 0 spiro atoms. The summed E-state index contributed by atoms with van der Waals surface area (Å²) in [5, 5.41) is 7.64. The van der Waals surface area contributed by atoms with Crippen LogP contribution in [0.2, 0.25) is 0 Å². The minimum atomic E-state index is 0.666. The van der Waals surface area contributed by atoms with Crippen molar-refractivity contribution in [3.8, 4) is 0 Å². The number of anilines is 1. The number of aromatic nitrogens is 2. The van der Waals surface area contributed by atoms with E-state index < -0.39 is 0 Å². The fourth-order valence-corrected chi connectivity index (χ4v) is 2.07. The monoisotopic (exact) mass is 179 g/mol. The molecule has 1 aliphatic carbocycles. The molecule has 1 aliphatic rings. The number of nitrogens with zero attached hydrogens (tertiary/aromatic N) is 2. The summed E-state index contributed by atoms with van der Waals surface area (Å²) >= 11 is 0. The van der Waals surface area contributed by atoms with Gasteiger partial charge >= 0.3 is 0 Å². The van der Waals surface area contributed by atoms with Gasteiger partial charge in [-0.3, -0.25) is 4.68 Å². The van der Waals surface area contributed by atoms with Gasteiger partial charge in [-0.15, -0.1) is 0 Å². The summed E-state index contributed by atoms with van der Waals surface area (Å²) < 4.78 is 1.83. The minimum absolute atomic E-state index is 0.666. The zero-order valence-corrected chi connectivity index (χ0v) is 8.33. The van der Waals surface area contributed by atoms with Gasteiger partial charge in [-0.05, 0) is 25.2 Å². The topological polar surface area (TPSA) is 29.9 Å². The van der Waals surface area contributed by atoms with Crippen LogP contribution in [0, 0.1) is 5.92 Å². The van der Waals surface area contributed by atoms with Gasteiger partial charge in [0.05, 0.1) is 11.9 Å². The number of hydrogen-bond acceptors (Lipinski definition) is 2. The molecule has 1 aromatic heterocycles. The van der Waals surface area contributed by atoms with Gasteiger partial charge in [0.25, 0.3) is 0 Å². The molecule has 0 unspecified atom stereocenters. The molecule has 0 bridgehead atoms. The zero-order valence-electron chi connectivity index (χ0n) is 8.33. The number of hydrogen-bond donors (Lipinski definition) is 1. The first-order valence-electron chi connectivity index (χ1n) is 4.99. The van der Waals surface area contributed by atoms with Crippen LogP contribution in [-0.2, 0) is 7.05 Å². The van der Waals surface area contributed by atoms with E-state index in [9.17, 15) is 0 Å². The van der Waals surface area contributed by atoms with Crippen LogP contribution in [0.25, 0.3) is 0 Å². The van der Waals surface area contributed by atoms with E-state index in [1.807, 2.05) is 24.1 Å². The molecule has 2 rings (SSSR count). The summed E-state index contributed by atoms with van der Waals surface area (Å²) in [5.74, 6) is 0.883. The van der Waals surface area contributed by atoms with Crippen LogP contribution >= 0.6 is 0 Å². The van der Waals surface area contributed by atoms with Gasteiger partial charge in [0.15, 0.2) is 0 Å². The Morgan fingerprint density at radius 2 is 2.38 bits per heavy atom. The Hall–Kier alpha value is -0.990. The SMILES string of the molecule is C[C@@H]1CC[C@H](Nc2cnn(C)c2)C1. The predicted octanol–water partition coefficient (Wildman–Crippen LogP) is 2.02. The quantitative estimate of drug-likeness (QED) is 0.752. The van der Waals surface area contributed by atoms with Crippen molar-refractivity contribution in [3.05, 3.63) is 12.4 Å². The fourth-order valence-electron chi connectivity index (χ4n) is 2.07. The smallest absolute Gasteiger partial charge is 0.0728 e. The van der Waals surface area contributed by atoms with E-state index in [0.29, 0.717) is 6.04 Å². The van der Waals surface area contributed by atoms with Crippen LogP contribution in [0.15, 0.2) is 12.4 Å². The van der Waals surface area contributed by atoms with Crippen LogP contribution in [0.1, 0.15) is 26.2 Å². The maximum Gasteiger partial charge on any atom is 0.0728 e. The molecule has 13 heavy (non-hydrogen) atoms. The lowest BCUT2D eigenvalue weighted by Crippen LogP contribution is -2.14. The third kappa shape index (κ3) is 2.02. The van der Waals surface area contributed by atoms with E-state index in [2.05, 4.69) is 17.3 Å². The highest BCUT2D eigenvalue weighted by molar-refractivity contribution is 5.39. The maximum absolute atomic E-state index is 4.13. The Balaban J connectivity index is 1.91. The van der Waals surface area contributed by atoms with Crippen molar-refractivity contribution in [2.75, 3.05) is 5.32 Å². The standard InChI is InChI=1S/C10H17N3/c1-8-3-4-9(5-8)12-10-6-11-13(2)7-10/h6-9,12H,3-5H2,1-2H3/t8-,9+/m1/s1. The van der Waals surface area contributed by atoms with Crippen molar-refractivity contribution in [2.24, 2.45) is 13.0 Å². The Morgan fingerprint density at radius 1 is 1.54 bits per heavy atom. The molecule has 72 valence electrons. The van der Waals surface area contributed by atoms with E-state index in [1.54, 1.807) is 0 Å². The van der Waals surface area contributed by atoms with E-state index in [4.69, 9.17) is 0 Å². The molecular formula is C10H17N3. The summed E-state index contributed by atoms with van der Waals surface area (Å²) in [6, 6.07) is 0.666. The van der Waals surface area contributed by atoms with Crippen LogP contribution in [-0.4, -0.2) is 15.8 Å². The van der Waals surface area contributed by atoms with E-state index in [1.165, 1.54) is 19.3 Å². The summed E-state index contributed by atoms with van der Waals surface area (Å²) in [6.45, 7) is 2.32. The van der Waals surface area contributed by atoms with Crippen LogP contribution in [0.3, 0.4) is 0 Å². The van der Waals surface area contributed by atoms with Crippen molar-refractivity contribution in [1.82, 2.24) is 9.78 Å². The molecular weight excluding hydrogens is 162 g/mol. The van der Waals surface area contributed by atoms with Crippen molar-refractivity contribution >= 4 is 5.69 Å². The highest BCUT2D eigenvalue weighted by atomic mass is 15.3. The summed E-state index contributed by atoms with van der Waals surface area (Å²) in [5.41, 5.74) is 1.15. The van der Waals surface area contributed by atoms with Gasteiger partial charge in [0, 0.05) is 19.3 Å². The van der Waals surface area contributed by atoms with Crippen LogP contribution in [0.5, 0.6) is 0 Å². The summed E-state index contributed by atoms with van der Waals surface area (Å²) in [6.07, 6.45) is 7.88. The molecule has 2 atom stereocenters. The lowest BCUT2D eigenvalue weighted by atomic mass is 10.1. The molecule has 1 fully saturated rings. The molecule has 0 radical (unpaired) electrons. The first-order chi connectivity index (χ1) is 6.24. The third-order valence-corrected chi connectivity index (χ3v) is 2.77. The summed E-state index contributed by atoms with van der Waals surface area (Å²) in [4.78, 5) is 0. The van der Waals surface area contributed by atoms with E-state index in [-0.39, 0.29) is 0 Å². The normalized spacial score (nSPS) is 27.8. The highest BCUT2D eigenvalue weighted by Gasteiger charge is 2.20. The minimum Gasteiger partial charge on any atom is -0.380 e. The molecule has 1 N–H and O–H groups in total. The van der Waals surface area contributed by atoms with Crippen molar-refractivity contribution < 1.29 is 0 Å². The van der Waals surface area contributed by atoms with Gasteiger partial charge in [-0.2, -0.15) is 5.10 Å². The third-order valence-electron chi connectivity index (χ3n) is 2.77. The van der Waals surface area contributed by atoms with Crippen molar-refractivity contribution in [1.29, 1.82) is 0 Å². The molecule has 1 aromatic rings. The number of aryl methyl sites for hydroxylation is 1. The van der Waals surface area contributed by atoms with E-state index >= 15 is 0 Å². The molecule has 3 nitrogen and oxygen atoms in total. The van der Waals surface area contributed by atoms with E-state index in [0.717, 1.165) is 11.6 Å². The Morgan fingerprint density at radius 3 is 2.92 bits per heavy atom. The molecule has 0 aromatic carbocycles. The fraction of sp³-hybridized carbons (Fsp3) is 0.700. The Kier molecular flexibility index (Phi) is 2.25. The van der Waals surface area contributed by atoms with Crippen LogP contribution < -0.4 is 5.32 Å². The summed E-state index contributed by atoms with van der Waals surface area (Å²) in [7, 11) is 1.95. The lowest BCUT2D eigenvalue weighted by molar-refractivity contribution is 0.602. The molecule has 3 heteroatoms. The van der Waals surface area contributed by atoms with Gasteiger partial charge in [0.2, 0.25) is 0 Å². The number of nitrogens with one attached hydrogen (secondary N) is 1. The Labute approximate surface area is 79.1 Å². The number of rotatable bonds is 2. The molecule has 0 amide bonds. The molecule has 1 saturated carbocycles. The highest BCUT2D eigenvalue weighted by Crippen LogP contribution is 2.27. The average Bonchev–Trinajstić information content (AvgIpc) is 2.62. The van der Waals surface area contributed by atoms with Gasteiger partial charge < -0.3 is 5.32 Å². The second kappa shape index (κ2) is 3.40. The van der Waals surface area contributed by atoms with Gasteiger partial charge in [-0.1, -0.05) is 6.92 Å². The molecule has 0 saturated heterocycles. The molecule has 0 aliphatic heterocycles. The maximum atomic E-state index is 4.13. The lowest BCUT2D eigenvalue weighted by Gasteiger charge is -2.11. The van der Waals surface area contributed by atoms with Crippen LogP contribution in [0.4, 0.5) is 5.69 Å². The van der Waals surface area contributed by atoms with Crippen molar-refractivity contribution in [2.45, 2.75) is 32.2 Å². The first kappa shape index (κ1) is 8.60. The van der Waals surface area contributed by atoms with Gasteiger partial charge in [0.1, 0.15) is 0 Å². The van der Waals surface area contributed by atoms with Gasteiger partial charge in [-0.25, -0.2) is 0 Å².